The molecule has 0 saturated carbocycles. The molecule has 0 aromatic rings. The highest BCUT2D eigenvalue weighted by Gasteiger charge is 2.28. The summed E-state index contributed by atoms with van der Waals surface area (Å²) in [4.78, 5) is 45.7. The summed E-state index contributed by atoms with van der Waals surface area (Å²) >= 11 is 0. The van der Waals surface area contributed by atoms with Crippen LogP contribution in [0, 0.1) is 0 Å². The molecule has 11 nitrogen and oxygen atoms in total. The highest BCUT2D eigenvalue weighted by atomic mass is 31.2. The van der Waals surface area contributed by atoms with Gasteiger partial charge in [0.2, 0.25) is 0 Å². The Labute approximate surface area is 314 Å². The summed E-state index contributed by atoms with van der Waals surface area (Å²) in [5, 5.41) is 8.86. The number of carboxylic acid groups (broad SMARTS) is 1. The van der Waals surface area contributed by atoms with Gasteiger partial charge in [-0.3, -0.25) is 23.4 Å². The number of ether oxygens (including phenoxy) is 2. The van der Waals surface area contributed by atoms with Crippen molar-refractivity contribution in [1.29, 1.82) is 0 Å². The van der Waals surface area contributed by atoms with Crippen LogP contribution >= 0.6 is 7.82 Å². The molecule has 0 rings (SSSR count). The van der Waals surface area contributed by atoms with E-state index in [1.54, 1.807) is 0 Å². The average molecular weight is 756 g/mol. The highest BCUT2D eigenvalue weighted by Crippen LogP contribution is 2.43. The van der Waals surface area contributed by atoms with Gasteiger partial charge in [0, 0.05) is 12.8 Å². The molecule has 0 aromatic heterocycles. The number of hydrogen-bond acceptors (Lipinski definition) is 9. The van der Waals surface area contributed by atoms with Gasteiger partial charge in [0.05, 0.1) is 13.2 Å². The summed E-state index contributed by atoms with van der Waals surface area (Å²) < 4.78 is 32.5. The van der Waals surface area contributed by atoms with Crippen molar-refractivity contribution < 1.29 is 47.5 Å². The molecule has 0 fully saturated rings. The quantitative estimate of drug-likeness (QED) is 0.0241. The molecular formula is C40H70NO10P. The van der Waals surface area contributed by atoms with E-state index < -0.39 is 51.1 Å². The molecule has 0 spiro atoms. The summed E-state index contributed by atoms with van der Waals surface area (Å²) in [7, 11) is -4.72. The fraction of sp³-hybridized carbons (Fsp3) is 0.725. The summed E-state index contributed by atoms with van der Waals surface area (Å²) in [6, 6.07) is -1.53. The van der Waals surface area contributed by atoms with E-state index in [1.807, 2.05) is 12.2 Å². The molecule has 0 aromatic carbocycles. The van der Waals surface area contributed by atoms with E-state index in [2.05, 4.69) is 54.8 Å². The molecule has 12 heteroatoms. The van der Waals surface area contributed by atoms with Crippen LogP contribution in [0.3, 0.4) is 0 Å². The topological polar surface area (TPSA) is 172 Å². The molecule has 0 heterocycles. The fourth-order valence-corrected chi connectivity index (χ4v) is 5.72. The Morgan fingerprint density at radius 1 is 0.596 bits per heavy atom. The maximum atomic E-state index is 12.5. The maximum Gasteiger partial charge on any atom is 0.472 e. The lowest BCUT2D eigenvalue weighted by Crippen LogP contribution is -2.34. The molecule has 0 aliphatic carbocycles. The average Bonchev–Trinajstić information content (AvgIpc) is 3.12. The monoisotopic (exact) mass is 755 g/mol. The Bertz CT molecular complexity index is 1070. The van der Waals surface area contributed by atoms with Crippen LogP contribution < -0.4 is 5.73 Å². The second-order valence-electron chi connectivity index (χ2n) is 13.1. The molecule has 0 bridgehead atoms. The van der Waals surface area contributed by atoms with E-state index in [4.69, 9.17) is 24.8 Å². The number of phosphoric acid groups is 1. The van der Waals surface area contributed by atoms with E-state index in [-0.39, 0.29) is 19.4 Å². The van der Waals surface area contributed by atoms with E-state index in [0.29, 0.717) is 19.3 Å². The third-order valence-corrected chi connectivity index (χ3v) is 9.03. The molecule has 1 unspecified atom stereocenters. The number of carbonyl (C=O) groups is 3. The van der Waals surface area contributed by atoms with Crippen molar-refractivity contribution in [3.63, 3.8) is 0 Å². The number of phosphoric ester groups is 1. The van der Waals surface area contributed by atoms with Gasteiger partial charge in [-0.25, -0.2) is 4.57 Å². The zero-order valence-electron chi connectivity index (χ0n) is 32.1. The first-order valence-electron chi connectivity index (χ1n) is 19.7. The lowest BCUT2D eigenvalue weighted by Gasteiger charge is -2.20. The van der Waals surface area contributed by atoms with Gasteiger partial charge in [0.15, 0.2) is 6.10 Å². The first kappa shape index (κ1) is 49.4. The van der Waals surface area contributed by atoms with Gasteiger partial charge < -0.3 is 25.2 Å². The van der Waals surface area contributed by atoms with E-state index in [9.17, 15) is 23.8 Å². The Morgan fingerprint density at radius 2 is 1.04 bits per heavy atom. The largest absolute Gasteiger partial charge is 0.480 e. The zero-order chi connectivity index (χ0) is 38.5. The van der Waals surface area contributed by atoms with Crippen molar-refractivity contribution in [2.45, 2.75) is 167 Å². The Hall–Kier alpha value is -2.56. The molecular weight excluding hydrogens is 685 g/mol. The Balaban J connectivity index is 4.51. The number of carboxylic acids is 1. The summed E-state index contributed by atoms with van der Waals surface area (Å²) in [6.45, 7) is 2.69. The second kappa shape index (κ2) is 35.5. The molecule has 0 aliphatic heterocycles. The lowest BCUT2D eigenvalue weighted by molar-refractivity contribution is -0.161. The highest BCUT2D eigenvalue weighted by molar-refractivity contribution is 7.47. The van der Waals surface area contributed by atoms with Crippen LogP contribution in [0.5, 0.6) is 0 Å². The number of hydrogen-bond donors (Lipinski definition) is 3. The number of carbonyl (C=O) groups excluding carboxylic acids is 2. The van der Waals surface area contributed by atoms with Gasteiger partial charge in [-0.1, -0.05) is 140 Å². The molecule has 0 aliphatic rings. The number of esters is 2. The molecule has 3 atom stereocenters. The number of nitrogens with two attached hydrogens (primary N) is 1. The molecule has 0 radical (unpaired) electrons. The van der Waals surface area contributed by atoms with E-state index in [0.717, 1.165) is 44.9 Å². The summed E-state index contributed by atoms with van der Waals surface area (Å²) in [6.07, 6.45) is 37.6. The summed E-state index contributed by atoms with van der Waals surface area (Å²) in [5.74, 6) is -2.45. The number of rotatable bonds is 36. The van der Waals surface area contributed by atoms with Crippen LogP contribution in [0.15, 0.2) is 48.6 Å². The van der Waals surface area contributed by atoms with Crippen LogP contribution in [0.4, 0.5) is 0 Å². The predicted octanol–water partition coefficient (Wildman–Crippen LogP) is 9.83. The van der Waals surface area contributed by atoms with Crippen molar-refractivity contribution >= 4 is 25.7 Å². The molecule has 4 N–H and O–H groups in total. The van der Waals surface area contributed by atoms with Crippen molar-refractivity contribution in [3.8, 4) is 0 Å². The van der Waals surface area contributed by atoms with Gasteiger partial charge >= 0.3 is 25.7 Å². The van der Waals surface area contributed by atoms with Gasteiger partial charge in [-0.2, -0.15) is 0 Å². The van der Waals surface area contributed by atoms with Gasteiger partial charge in [-0.05, 0) is 51.4 Å². The summed E-state index contributed by atoms with van der Waals surface area (Å²) in [5.41, 5.74) is 5.31. The Kier molecular flexibility index (Phi) is 33.7. The van der Waals surface area contributed by atoms with Crippen molar-refractivity contribution in [3.05, 3.63) is 48.6 Å². The minimum absolute atomic E-state index is 0.146. The van der Waals surface area contributed by atoms with Gasteiger partial charge in [0.25, 0.3) is 0 Å². The van der Waals surface area contributed by atoms with E-state index in [1.165, 1.54) is 64.2 Å². The van der Waals surface area contributed by atoms with Gasteiger partial charge in [0.1, 0.15) is 12.6 Å². The van der Waals surface area contributed by atoms with Crippen LogP contribution in [0.2, 0.25) is 0 Å². The third-order valence-electron chi connectivity index (χ3n) is 8.08. The minimum Gasteiger partial charge on any atom is -0.480 e. The molecule has 300 valence electrons. The first-order chi connectivity index (χ1) is 25.1. The van der Waals surface area contributed by atoms with Crippen molar-refractivity contribution in [2.24, 2.45) is 5.73 Å². The van der Waals surface area contributed by atoms with Gasteiger partial charge in [-0.15, -0.1) is 0 Å². The zero-order valence-corrected chi connectivity index (χ0v) is 33.0. The van der Waals surface area contributed by atoms with E-state index >= 15 is 0 Å². The number of unbranched alkanes of at least 4 members (excludes halogenated alkanes) is 14. The first-order valence-corrected chi connectivity index (χ1v) is 21.2. The minimum atomic E-state index is -4.72. The van der Waals surface area contributed by atoms with Crippen LogP contribution in [0.25, 0.3) is 0 Å². The molecule has 0 amide bonds. The van der Waals surface area contributed by atoms with Crippen molar-refractivity contribution in [1.82, 2.24) is 0 Å². The number of allylic oxidation sites excluding steroid dienone is 8. The standard InChI is InChI=1S/C40H70NO10P/c1-3-5-7-9-11-13-15-16-17-18-19-20-22-23-25-27-29-31-38(42)48-33-36(34-49-52(46,47)50-35-37(41)40(44)45)51-39(43)32-30-28-26-24-21-14-12-10-8-6-4-2/h11,13,16-17,19-20,23,25,36-37H,3-10,12,14-15,18,21-22,24,26-35,41H2,1-2H3,(H,44,45)(H,46,47)/b13-11-,17-16-,20-19-,25-23-/t36-,37+/m1/s1. The van der Waals surface area contributed by atoms with Crippen LogP contribution in [-0.2, 0) is 37.5 Å². The Morgan fingerprint density at radius 3 is 1.58 bits per heavy atom. The fourth-order valence-electron chi connectivity index (χ4n) is 4.94. The smallest absolute Gasteiger partial charge is 0.472 e. The maximum absolute atomic E-state index is 12.5. The SMILES string of the molecule is CCCCC/C=C\C/C=C\C/C=C\C/C=C\CCCC(=O)OC[C@H](COP(=O)(O)OC[C@H](N)C(=O)O)OC(=O)CCCCCCCCCCCCC. The second-order valence-corrected chi connectivity index (χ2v) is 14.5. The molecule has 52 heavy (non-hydrogen) atoms. The van der Waals surface area contributed by atoms with Crippen molar-refractivity contribution in [2.75, 3.05) is 19.8 Å². The van der Waals surface area contributed by atoms with Crippen LogP contribution in [0.1, 0.15) is 155 Å². The van der Waals surface area contributed by atoms with Crippen LogP contribution in [-0.4, -0.2) is 59.9 Å². The predicted molar refractivity (Wildman–Crippen MR) is 208 cm³/mol. The number of aliphatic carboxylic acids is 1. The normalized spacial score (nSPS) is 14.4. The lowest BCUT2D eigenvalue weighted by atomic mass is 10.1. The molecule has 0 saturated heterocycles. The third kappa shape index (κ3) is 34.5.